The average molecular weight is 318 g/mol. The molecule has 0 bridgehead atoms. The molecule has 0 aromatic heterocycles. The zero-order valence-corrected chi connectivity index (χ0v) is 15.1. The van der Waals surface area contributed by atoms with Gasteiger partial charge in [0.25, 0.3) is 0 Å². The largest absolute Gasteiger partial charge is 0.389 e. The number of nitrogens with zero attached hydrogens (tertiary/aromatic N) is 1. The topological polar surface area (TPSA) is 52.9 Å². The van der Waals surface area contributed by atoms with Crippen LogP contribution in [0.15, 0.2) is 0 Å². The lowest BCUT2D eigenvalue weighted by atomic mass is 10.1. The number of hydrogen-bond donors (Lipinski definition) is 2. The number of likely N-dealkylation sites (N-methyl/N-ethyl adjacent to an activating group) is 1. The molecule has 2 N–H and O–H groups in total. The van der Waals surface area contributed by atoms with E-state index in [-0.39, 0.29) is 0 Å². The molecule has 0 aromatic rings. The van der Waals surface area contributed by atoms with Crippen molar-refractivity contribution in [1.29, 1.82) is 0 Å². The Hall–Kier alpha value is -0.160. The molecule has 0 fully saturated rings. The molecule has 0 amide bonds. The second-order valence-electron chi connectivity index (χ2n) is 6.48. The van der Waals surface area contributed by atoms with Crippen molar-refractivity contribution in [3.05, 3.63) is 0 Å². The number of hydrogen-bond acceptors (Lipinski definition) is 4. The Bertz CT molecular complexity index is 224. The third-order valence-electron chi connectivity index (χ3n) is 4.09. The smallest absolute Gasteiger partial charge is 0.104 e. The summed E-state index contributed by atoms with van der Waals surface area (Å²) in [4.78, 5) is 1.70. The molecule has 0 aromatic carbocycles. The fourth-order valence-electron chi connectivity index (χ4n) is 2.45. The summed E-state index contributed by atoms with van der Waals surface area (Å²) in [5.74, 6) is 0. The van der Waals surface area contributed by atoms with Gasteiger partial charge in [-0.25, -0.2) is 0 Å². The molecule has 0 saturated heterocycles. The maximum absolute atomic E-state index is 9.75. The minimum absolute atomic E-state index is 0.356. The van der Waals surface area contributed by atoms with Crippen LogP contribution in [-0.4, -0.2) is 54.3 Å². The van der Waals surface area contributed by atoms with E-state index in [1.807, 2.05) is 0 Å². The predicted octanol–water partition coefficient (Wildman–Crippen LogP) is 3.55. The minimum Gasteiger partial charge on any atom is -0.389 e. The van der Waals surface area contributed by atoms with Crippen LogP contribution in [0.5, 0.6) is 0 Å². The van der Waals surface area contributed by atoms with Crippen molar-refractivity contribution in [3.8, 4) is 0 Å². The SMILES string of the molecule is CCCCCCCCCCCCOCC(O)CN(C)C(C)O. The van der Waals surface area contributed by atoms with Crippen molar-refractivity contribution in [2.45, 2.75) is 90.4 Å². The molecule has 0 radical (unpaired) electrons. The van der Waals surface area contributed by atoms with Gasteiger partial charge in [-0.15, -0.1) is 0 Å². The summed E-state index contributed by atoms with van der Waals surface area (Å²) in [6, 6.07) is 0. The van der Waals surface area contributed by atoms with Gasteiger partial charge in [0.05, 0.1) is 12.7 Å². The van der Waals surface area contributed by atoms with Crippen LogP contribution in [0.25, 0.3) is 0 Å². The Kier molecular flexibility index (Phi) is 15.6. The highest BCUT2D eigenvalue weighted by Gasteiger charge is 2.11. The molecule has 0 aliphatic heterocycles. The van der Waals surface area contributed by atoms with Crippen molar-refractivity contribution in [3.63, 3.8) is 0 Å². The standard InChI is InChI=1S/C18H39NO3/c1-4-5-6-7-8-9-10-11-12-13-14-22-16-18(21)15-19(3)17(2)20/h17-18,20-21H,4-16H2,1-3H3. The van der Waals surface area contributed by atoms with Gasteiger partial charge in [-0.1, -0.05) is 64.7 Å². The molecule has 0 spiro atoms. The van der Waals surface area contributed by atoms with Crippen LogP contribution < -0.4 is 0 Å². The molecular formula is C18H39NO3. The molecular weight excluding hydrogens is 278 g/mol. The van der Waals surface area contributed by atoms with Gasteiger partial charge in [-0.3, -0.25) is 4.90 Å². The lowest BCUT2D eigenvalue weighted by molar-refractivity contribution is -0.0232. The Labute approximate surface area is 137 Å². The van der Waals surface area contributed by atoms with Crippen LogP contribution in [0, 0.1) is 0 Å². The molecule has 134 valence electrons. The molecule has 0 rings (SSSR count). The summed E-state index contributed by atoms with van der Waals surface area (Å²) in [7, 11) is 1.79. The van der Waals surface area contributed by atoms with Gasteiger partial charge in [-0.05, 0) is 20.4 Å². The first-order valence-electron chi connectivity index (χ1n) is 9.22. The lowest BCUT2D eigenvalue weighted by Gasteiger charge is -2.22. The first-order chi connectivity index (χ1) is 10.6. The van der Waals surface area contributed by atoms with Crippen molar-refractivity contribution >= 4 is 0 Å². The van der Waals surface area contributed by atoms with E-state index in [1.54, 1.807) is 18.9 Å². The summed E-state index contributed by atoms with van der Waals surface area (Å²) in [6.07, 6.45) is 12.1. The molecule has 4 nitrogen and oxygen atoms in total. The minimum atomic E-state index is -0.531. The van der Waals surface area contributed by atoms with Crippen LogP contribution in [0.1, 0.15) is 78.1 Å². The maximum atomic E-state index is 9.75. The van der Waals surface area contributed by atoms with E-state index in [9.17, 15) is 10.2 Å². The molecule has 0 aliphatic rings. The first-order valence-corrected chi connectivity index (χ1v) is 9.22. The van der Waals surface area contributed by atoms with Gasteiger partial charge in [0, 0.05) is 13.2 Å². The van der Waals surface area contributed by atoms with Crippen molar-refractivity contribution < 1.29 is 14.9 Å². The lowest BCUT2D eigenvalue weighted by Crippen LogP contribution is -2.37. The third-order valence-corrected chi connectivity index (χ3v) is 4.09. The Balaban J connectivity index is 3.20. The molecule has 0 aliphatic carbocycles. The van der Waals surface area contributed by atoms with Crippen LogP contribution in [0.4, 0.5) is 0 Å². The second kappa shape index (κ2) is 15.7. The van der Waals surface area contributed by atoms with Gasteiger partial charge >= 0.3 is 0 Å². The van der Waals surface area contributed by atoms with Crippen molar-refractivity contribution in [2.75, 3.05) is 26.8 Å². The average Bonchev–Trinajstić information content (AvgIpc) is 2.48. The number of aliphatic hydroxyl groups excluding tert-OH is 2. The maximum Gasteiger partial charge on any atom is 0.104 e. The van der Waals surface area contributed by atoms with Gasteiger partial charge in [0.2, 0.25) is 0 Å². The van der Waals surface area contributed by atoms with E-state index < -0.39 is 12.3 Å². The Morgan fingerprint density at radius 3 is 1.86 bits per heavy atom. The summed E-state index contributed by atoms with van der Waals surface area (Å²) in [5.41, 5.74) is 0. The monoisotopic (exact) mass is 317 g/mol. The van der Waals surface area contributed by atoms with E-state index in [1.165, 1.54) is 57.8 Å². The molecule has 22 heavy (non-hydrogen) atoms. The highest BCUT2D eigenvalue weighted by atomic mass is 16.5. The zero-order chi connectivity index (χ0) is 16.6. The highest BCUT2D eigenvalue weighted by molar-refractivity contribution is 4.61. The molecule has 2 unspecified atom stereocenters. The number of rotatable bonds is 16. The number of ether oxygens (including phenoxy) is 1. The van der Waals surface area contributed by atoms with E-state index in [0.29, 0.717) is 13.2 Å². The van der Waals surface area contributed by atoms with E-state index in [4.69, 9.17) is 4.74 Å². The summed E-state index contributed by atoms with van der Waals surface area (Å²) >= 11 is 0. The molecule has 0 heterocycles. The fraction of sp³-hybridized carbons (Fsp3) is 1.00. The van der Waals surface area contributed by atoms with Crippen molar-refractivity contribution in [2.24, 2.45) is 0 Å². The van der Waals surface area contributed by atoms with Crippen LogP contribution in [0.3, 0.4) is 0 Å². The summed E-state index contributed by atoms with van der Waals surface area (Å²) < 4.78 is 5.49. The second-order valence-corrected chi connectivity index (χ2v) is 6.48. The Morgan fingerprint density at radius 1 is 0.864 bits per heavy atom. The zero-order valence-electron chi connectivity index (χ0n) is 15.1. The summed E-state index contributed by atoms with van der Waals surface area (Å²) in [5, 5.41) is 19.1. The van der Waals surface area contributed by atoms with Crippen LogP contribution in [0.2, 0.25) is 0 Å². The normalized spacial score (nSPS) is 14.5. The van der Waals surface area contributed by atoms with Gasteiger partial charge in [-0.2, -0.15) is 0 Å². The Morgan fingerprint density at radius 2 is 1.36 bits per heavy atom. The van der Waals surface area contributed by atoms with Crippen LogP contribution >= 0.6 is 0 Å². The number of aliphatic hydroxyl groups is 2. The first kappa shape index (κ1) is 21.8. The molecule has 0 saturated carbocycles. The van der Waals surface area contributed by atoms with Gasteiger partial charge in [0.15, 0.2) is 0 Å². The van der Waals surface area contributed by atoms with Gasteiger partial charge < -0.3 is 14.9 Å². The van der Waals surface area contributed by atoms with E-state index >= 15 is 0 Å². The molecule has 4 heteroatoms. The highest BCUT2D eigenvalue weighted by Crippen LogP contribution is 2.10. The van der Waals surface area contributed by atoms with Gasteiger partial charge in [0.1, 0.15) is 6.23 Å². The van der Waals surface area contributed by atoms with E-state index in [0.717, 1.165) is 13.0 Å². The van der Waals surface area contributed by atoms with Crippen LogP contribution in [-0.2, 0) is 4.74 Å². The summed E-state index contributed by atoms with van der Waals surface area (Å²) in [6.45, 7) is 5.47. The van der Waals surface area contributed by atoms with Crippen molar-refractivity contribution in [1.82, 2.24) is 4.90 Å². The van der Waals surface area contributed by atoms with E-state index in [2.05, 4.69) is 6.92 Å². The molecule has 2 atom stereocenters. The third kappa shape index (κ3) is 14.8. The fourth-order valence-corrected chi connectivity index (χ4v) is 2.45. The number of unbranched alkanes of at least 4 members (excludes halogenated alkanes) is 9. The quantitative estimate of drug-likeness (QED) is 0.338. The predicted molar refractivity (Wildman–Crippen MR) is 93.0 cm³/mol.